The zero-order chi connectivity index (χ0) is 28.1. The molecular weight excluding hydrogens is 618 g/mol. The maximum Gasteiger partial charge on any atom is 3.00 e. The van der Waals surface area contributed by atoms with E-state index in [2.05, 4.69) is 103 Å². The minimum absolute atomic E-state index is 0. The first-order valence-electron chi connectivity index (χ1n) is 13.6. The zero-order valence-corrected chi connectivity index (χ0v) is 24.6. The van der Waals surface area contributed by atoms with Gasteiger partial charge in [0.15, 0.2) is 0 Å². The largest absolute Gasteiger partial charge is 3.00 e. The van der Waals surface area contributed by atoms with Crippen LogP contribution >= 0.6 is 0 Å². The topological polar surface area (TPSA) is 77.3 Å². The van der Waals surface area contributed by atoms with E-state index in [0.717, 1.165) is 65.4 Å². The molecule has 3 aromatic carbocycles. The van der Waals surface area contributed by atoms with Crippen LogP contribution in [0.3, 0.4) is 0 Å². The summed E-state index contributed by atoms with van der Waals surface area (Å²) < 4.78 is 0. The van der Waals surface area contributed by atoms with Gasteiger partial charge in [0.25, 0.3) is 0 Å². The maximum absolute atomic E-state index is 4.35. The van der Waals surface area contributed by atoms with Crippen LogP contribution in [0.2, 0.25) is 0 Å². The third-order valence-electron chi connectivity index (χ3n) is 7.03. The Kier molecular flexibility index (Phi) is 8.25. The van der Waals surface area contributed by atoms with Crippen LogP contribution in [0.25, 0.3) is 65.4 Å². The predicted octanol–water partition coefficient (Wildman–Crippen LogP) is 8.35. The summed E-state index contributed by atoms with van der Waals surface area (Å²) in [5.74, 6) is 0. The van der Waals surface area contributed by atoms with Crippen molar-refractivity contribution in [2.45, 2.75) is 0 Å². The summed E-state index contributed by atoms with van der Waals surface area (Å²) >= 11 is 0. The Balaban J connectivity index is 0.000000113. The van der Waals surface area contributed by atoms with Crippen molar-refractivity contribution in [3.63, 3.8) is 0 Å². The van der Waals surface area contributed by atoms with E-state index in [1.54, 1.807) is 37.2 Å². The third kappa shape index (κ3) is 5.76. The van der Waals surface area contributed by atoms with E-state index >= 15 is 0 Å². The van der Waals surface area contributed by atoms with E-state index in [0.29, 0.717) is 0 Å². The Morgan fingerprint density at radius 2 is 0.395 bits per heavy atom. The average Bonchev–Trinajstić information content (AvgIpc) is 3.09. The molecule has 0 saturated carbocycles. The van der Waals surface area contributed by atoms with Gasteiger partial charge in [-0.25, -0.2) is 0 Å². The summed E-state index contributed by atoms with van der Waals surface area (Å²) in [5, 5.41) is 6.83. The molecule has 0 unspecified atom stereocenters. The number of rotatable bonds is 0. The number of hydrogen-bond acceptors (Lipinski definition) is 6. The Morgan fingerprint density at radius 3 is 0.558 bits per heavy atom. The van der Waals surface area contributed by atoms with E-state index in [9.17, 15) is 0 Å². The molecule has 0 amide bonds. The molecule has 43 heavy (non-hydrogen) atoms. The van der Waals surface area contributed by atoms with Gasteiger partial charge in [-0.2, -0.15) is 0 Å². The Morgan fingerprint density at radius 1 is 0.233 bits per heavy atom. The average molecular weight is 642 g/mol. The number of hydrogen-bond donors (Lipinski definition) is 0. The molecule has 6 aromatic heterocycles. The molecule has 0 N–H and O–H groups in total. The van der Waals surface area contributed by atoms with Crippen LogP contribution in [-0.4, -0.2) is 29.9 Å². The van der Waals surface area contributed by atoms with Crippen molar-refractivity contribution in [1.29, 1.82) is 0 Å². The van der Waals surface area contributed by atoms with Gasteiger partial charge in [-0.05, 0) is 36.4 Å². The molecule has 0 bridgehead atoms. The van der Waals surface area contributed by atoms with E-state index < -0.39 is 0 Å². The minimum atomic E-state index is 0. The smallest absolute Gasteiger partial charge is 0.254 e. The quantitative estimate of drug-likeness (QED) is 0.122. The Bertz CT molecular complexity index is 1910. The summed E-state index contributed by atoms with van der Waals surface area (Å²) in [4.78, 5) is 26.1. The summed E-state index contributed by atoms with van der Waals surface area (Å²) in [5.41, 5.74) is 5.86. The first-order valence-corrected chi connectivity index (χ1v) is 13.6. The molecule has 0 aliphatic heterocycles. The Labute approximate surface area is 260 Å². The van der Waals surface area contributed by atoms with Crippen molar-refractivity contribution in [1.82, 2.24) is 29.9 Å². The van der Waals surface area contributed by atoms with Gasteiger partial charge in [0.2, 0.25) is 0 Å². The van der Waals surface area contributed by atoms with Gasteiger partial charge in [0.05, 0.1) is 33.1 Å². The van der Waals surface area contributed by atoms with Crippen molar-refractivity contribution in [3.8, 4) is 0 Å². The first-order chi connectivity index (χ1) is 20.8. The fraction of sp³-hybridized carbons (Fsp3) is 0. The number of aromatic nitrogens is 6. The van der Waals surface area contributed by atoms with Gasteiger partial charge in [-0.1, -0.05) is 72.8 Å². The van der Waals surface area contributed by atoms with Crippen molar-refractivity contribution in [2.75, 3.05) is 0 Å². The minimum Gasteiger partial charge on any atom is -0.254 e. The third-order valence-corrected chi connectivity index (χ3v) is 7.03. The summed E-state index contributed by atoms with van der Waals surface area (Å²) in [6.07, 6.45) is 10.8. The van der Waals surface area contributed by atoms with E-state index in [1.165, 1.54) is 0 Å². The molecule has 0 fully saturated rings. The molecule has 0 saturated heterocycles. The van der Waals surface area contributed by atoms with Crippen LogP contribution in [0.1, 0.15) is 0 Å². The van der Waals surface area contributed by atoms with Crippen molar-refractivity contribution < 1.29 is 19.5 Å². The number of fused-ring (bicyclic) bond motifs is 9. The molecule has 6 nitrogen and oxygen atoms in total. The molecule has 0 atom stereocenters. The van der Waals surface area contributed by atoms with Gasteiger partial charge in [-0.15, -0.1) is 0 Å². The molecular formula is C36H24N6Ru+3. The van der Waals surface area contributed by atoms with Crippen LogP contribution in [0, 0.1) is 0 Å². The molecule has 7 heteroatoms. The van der Waals surface area contributed by atoms with Crippen LogP contribution < -0.4 is 0 Å². The second-order valence-corrected chi connectivity index (χ2v) is 9.65. The number of pyridine rings is 6. The van der Waals surface area contributed by atoms with Crippen LogP contribution in [0.5, 0.6) is 0 Å². The monoisotopic (exact) mass is 642 g/mol. The van der Waals surface area contributed by atoms with Crippen molar-refractivity contribution in [2.24, 2.45) is 0 Å². The normalized spacial score (nSPS) is 10.6. The van der Waals surface area contributed by atoms with E-state index in [1.807, 2.05) is 36.4 Å². The summed E-state index contributed by atoms with van der Waals surface area (Å²) in [7, 11) is 0. The van der Waals surface area contributed by atoms with Crippen LogP contribution in [0.15, 0.2) is 146 Å². The number of nitrogens with zero attached hydrogens (tertiary/aromatic N) is 6. The molecule has 0 aliphatic carbocycles. The molecule has 203 valence electrons. The Hall–Kier alpha value is -5.26. The molecule has 9 rings (SSSR count). The van der Waals surface area contributed by atoms with E-state index in [4.69, 9.17) is 0 Å². The SMILES string of the molecule is [Ru+3].c1cnc2c(c1)ccc1cccnc12.c1cnc2c(c1)ccc1cccnc12.c1cnc2c(c1)ccc1cccnc12. The van der Waals surface area contributed by atoms with Gasteiger partial charge >= 0.3 is 19.5 Å². The molecule has 9 aromatic rings. The first kappa shape index (κ1) is 27.9. The maximum atomic E-state index is 4.35. The zero-order valence-electron chi connectivity index (χ0n) is 22.9. The van der Waals surface area contributed by atoms with Gasteiger partial charge < -0.3 is 0 Å². The van der Waals surface area contributed by atoms with Gasteiger partial charge in [0.1, 0.15) is 0 Å². The standard InChI is InChI=1S/3C12H8N2.Ru/c3*1-3-9-5-6-10-4-2-8-14-12(10)11(9)13-7-1;/h3*1-8H;/q;;;+3. The molecule has 0 aliphatic rings. The number of benzene rings is 3. The van der Waals surface area contributed by atoms with Gasteiger partial charge in [-0.3, -0.25) is 29.9 Å². The van der Waals surface area contributed by atoms with Crippen LogP contribution in [-0.2, 0) is 19.5 Å². The van der Waals surface area contributed by atoms with Crippen LogP contribution in [0.4, 0.5) is 0 Å². The molecule has 1 radical (unpaired) electrons. The second-order valence-electron chi connectivity index (χ2n) is 9.65. The fourth-order valence-electron chi connectivity index (χ4n) is 5.04. The van der Waals surface area contributed by atoms with Crippen molar-refractivity contribution in [3.05, 3.63) is 146 Å². The summed E-state index contributed by atoms with van der Waals surface area (Å²) in [6.45, 7) is 0. The van der Waals surface area contributed by atoms with E-state index in [-0.39, 0.29) is 19.5 Å². The molecule has 0 spiro atoms. The second kappa shape index (κ2) is 12.7. The summed E-state index contributed by atoms with van der Waals surface area (Å²) in [6, 6.07) is 36.4. The van der Waals surface area contributed by atoms with Crippen molar-refractivity contribution >= 4 is 65.4 Å². The fourth-order valence-corrected chi connectivity index (χ4v) is 5.04. The predicted molar refractivity (Wildman–Crippen MR) is 171 cm³/mol. The van der Waals surface area contributed by atoms with Gasteiger partial charge in [0, 0.05) is 69.5 Å². The molecule has 6 heterocycles.